The average Bonchev–Trinajstić information content (AvgIpc) is 3.45. The lowest BCUT2D eigenvalue weighted by Gasteiger charge is -2.53. The second-order valence-corrected chi connectivity index (χ2v) is 9.50. The fraction of sp³-hybridized carbons (Fsp3) is 0.462. The van der Waals surface area contributed by atoms with E-state index in [4.69, 9.17) is 14.5 Å². The van der Waals surface area contributed by atoms with Crippen LogP contribution in [-0.4, -0.2) is 33.5 Å². The molecule has 160 valence electrons. The van der Waals surface area contributed by atoms with Crippen LogP contribution in [0.5, 0.6) is 0 Å². The zero-order valence-corrected chi connectivity index (χ0v) is 18.3. The molecule has 0 amide bonds. The van der Waals surface area contributed by atoms with Crippen LogP contribution in [0.15, 0.2) is 54.9 Å². The van der Waals surface area contributed by atoms with Gasteiger partial charge < -0.3 is 9.47 Å². The van der Waals surface area contributed by atoms with Gasteiger partial charge in [0, 0.05) is 47.1 Å². The van der Waals surface area contributed by atoms with Gasteiger partial charge in [-0.3, -0.25) is 9.55 Å². The number of nitrogens with zero attached hydrogens (tertiary/aromatic N) is 3. The van der Waals surface area contributed by atoms with Crippen molar-refractivity contribution in [3.8, 4) is 17.1 Å². The first-order valence-electron chi connectivity index (χ1n) is 11.5. The van der Waals surface area contributed by atoms with E-state index < -0.39 is 5.79 Å². The minimum absolute atomic E-state index is 0.0232. The van der Waals surface area contributed by atoms with Crippen molar-refractivity contribution in [2.24, 2.45) is 11.8 Å². The number of ether oxygens (including phenoxy) is 2. The van der Waals surface area contributed by atoms with Crippen molar-refractivity contribution in [2.45, 2.75) is 50.7 Å². The van der Waals surface area contributed by atoms with Crippen molar-refractivity contribution >= 4 is 0 Å². The van der Waals surface area contributed by atoms with Gasteiger partial charge in [0.1, 0.15) is 5.82 Å². The van der Waals surface area contributed by atoms with Gasteiger partial charge in [0.05, 0.1) is 18.9 Å². The molecular formula is C26H29N3O2. The third kappa shape index (κ3) is 2.76. The van der Waals surface area contributed by atoms with E-state index in [1.807, 2.05) is 12.4 Å². The third-order valence-electron chi connectivity index (χ3n) is 8.04. The van der Waals surface area contributed by atoms with Gasteiger partial charge in [0.15, 0.2) is 5.79 Å². The Morgan fingerprint density at radius 1 is 1.00 bits per heavy atom. The van der Waals surface area contributed by atoms with Crippen LogP contribution in [-0.2, 0) is 21.3 Å². The number of para-hydroxylation sites is 1. The molecule has 2 aliphatic carbocycles. The van der Waals surface area contributed by atoms with Crippen LogP contribution in [0.25, 0.3) is 17.1 Å². The standard InChI is InChI=1S/C26H29N3O2/c1-18-21-8-9-22-23(25(21,2)12-13-26(18)30-16-17-31-26)28-24(19-10-14-27-15-11-19)29(22)20-6-4-3-5-7-20/h3-7,10-11,14-15,18,21H,8-9,12-13,16-17H2,1-2H3/t18-,21-,25-/m1/s1. The molecule has 1 saturated heterocycles. The number of imidazole rings is 1. The fourth-order valence-electron chi connectivity index (χ4n) is 6.43. The van der Waals surface area contributed by atoms with Gasteiger partial charge in [0.25, 0.3) is 0 Å². The summed E-state index contributed by atoms with van der Waals surface area (Å²) in [5.74, 6) is 1.48. The quantitative estimate of drug-likeness (QED) is 0.596. The summed E-state index contributed by atoms with van der Waals surface area (Å²) in [5, 5.41) is 0. The first kappa shape index (κ1) is 19.2. The van der Waals surface area contributed by atoms with Gasteiger partial charge in [-0.1, -0.05) is 32.0 Å². The van der Waals surface area contributed by atoms with Gasteiger partial charge in [0.2, 0.25) is 0 Å². The van der Waals surface area contributed by atoms with E-state index in [1.54, 1.807) is 0 Å². The molecule has 3 aliphatic rings. The van der Waals surface area contributed by atoms with Crippen LogP contribution >= 0.6 is 0 Å². The third-order valence-corrected chi connectivity index (χ3v) is 8.04. The lowest BCUT2D eigenvalue weighted by molar-refractivity contribution is -0.234. The van der Waals surface area contributed by atoms with Crippen LogP contribution in [0.3, 0.4) is 0 Å². The second kappa shape index (κ2) is 7.01. The van der Waals surface area contributed by atoms with Gasteiger partial charge >= 0.3 is 0 Å². The van der Waals surface area contributed by atoms with E-state index >= 15 is 0 Å². The normalized spacial score (nSPS) is 29.0. The van der Waals surface area contributed by atoms with Crippen molar-refractivity contribution in [1.82, 2.24) is 14.5 Å². The monoisotopic (exact) mass is 415 g/mol. The maximum atomic E-state index is 6.19. The zero-order chi connectivity index (χ0) is 21.1. The number of hydrogen-bond donors (Lipinski definition) is 0. The Morgan fingerprint density at radius 2 is 1.74 bits per heavy atom. The minimum atomic E-state index is -0.391. The number of fused-ring (bicyclic) bond motifs is 3. The smallest absolute Gasteiger partial charge is 0.171 e. The van der Waals surface area contributed by atoms with Crippen LogP contribution in [0.1, 0.15) is 44.5 Å². The lowest BCUT2D eigenvalue weighted by atomic mass is 9.55. The molecule has 5 nitrogen and oxygen atoms in total. The largest absolute Gasteiger partial charge is 0.347 e. The maximum absolute atomic E-state index is 6.19. The summed E-state index contributed by atoms with van der Waals surface area (Å²) in [6.07, 6.45) is 7.82. The predicted molar refractivity (Wildman–Crippen MR) is 119 cm³/mol. The Kier molecular flexibility index (Phi) is 4.34. The summed E-state index contributed by atoms with van der Waals surface area (Å²) in [5.41, 5.74) is 4.92. The second-order valence-electron chi connectivity index (χ2n) is 9.50. The molecule has 31 heavy (non-hydrogen) atoms. The molecule has 2 aromatic heterocycles. The molecule has 1 saturated carbocycles. The van der Waals surface area contributed by atoms with Crippen LogP contribution in [0, 0.1) is 11.8 Å². The first-order chi connectivity index (χ1) is 15.1. The summed E-state index contributed by atoms with van der Waals surface area (Å²) in [6, 6.07) is 14.8. The summed E-state index contributed by atoms with van der Waals surface area (Å²) >= 11 is 0. The molecule has 1 aliphatic heterocycles. The Bertz CT molecular complexity index is 1090. The molecule has 0 N–H and O–H groups in total. The Balaban J connectivity index is 1.51. The van der Waals surface area contributed by atoms with Gasteiger partial charge in [-0.25, -0.2) is 4.98 Å². The van der Waals surface area contributed by atoms with Crippen LogP contribution in [0.2, 0.25) is 0 Å². The topological polar surface area (TPSA) is 49.2 Å². The Hall–Kier alpha value is -2.50. The number of benzene rings is 1. The molecule has 0 unspecified atom stereocenters. The van der Waals surface area contributed by atoms with Crippen LogP contribution in [0.4, 0.5) is 0 Å². The number of rotatable bonds is 2. The number of hydrogen-bond acceptors (Lipinski definition) is 4. The fourth-order valence-corrected chi connectivity index (χ4v) is 6.43. The summed E-state index contributed by atoms with van der Waals surface area (Å²) < 4.78 is 14.8. The highest BCUT2D eigenvalue weighted by Crippen LogP contribution is 2.57. The predicted octanol–water partition coefficient (Wildman–Crippen LogP) is 4.93. The maximum Gasteiger partial charge on any atom is 0.171 e. The first-order valence-corrected chi connectivity index (χ1v) is 11.5. The molecular weight excluding hydrogens is 386 g/mol. The van der Waals surface area contributed by atoms with Gasteiger partial charge in [-0.05, 0) is 49.4 Å². The van der Waals surface area contributed by atoms with E-state index in [0.717, 1.165) is 37.1 Å². The van der Waals surface area contributed by atoms with E-state index in [-0.39, 0.29) is 5.41 Å². The SMILES string of the molecule is C[C@@H]1[C@H]2CCc3c(nc(-c4ccncc4)n3-c3ccccc3)[C@]2(C)CCC12OCCO2. The molecule has 3 atom stereocenters. The van der Waals surface area contributed by atoms with Crippen molar-refractivity contribution in [1.29, 1.82) is 0 Å². The highest BCUT2D eigenvalue weighted by Gasteiger charge is 2.58. The van der Waals surface area contributed by atoms with E-state index in [9.17, 15) is 0 Å². The van der Waals surface area contributed by atoms with Crippen molar-refractivity contribution < 1.29 is 9.47 Å². The van der Waals surface area contributed by atoms with Gasteiger partial charge in [-0.2, -0.15) is 0 Å². The highest BCUT2D eigenvalue weighted by molar-refractivity contribution is 5.61. The highest BCUT2D eigenvalue weighted by atomic mass is 16.7. The number of aromatic nitrogens is 3. The molecule has 0 bridgehead atoms. The molecule has 6 rings (SSSR count). The Labute approximate surface area is 183 Å². The minimum Gasteiger partial charge on any atom is -0.347 e. The molecule has 3 aromatic rings. The van der Waals surface area contributed by atoms with E-state index in [1.165, 1.54) is 17.1 Å². The average molecular weight is 416 g/mol. The van der Waals surface area contributed by atoms with Gasteiger partial charge in [-0.15, -0.1) is 0 Å². The van der Waals surface area contributed by atoms with E-state index in [0.29, 0.717) is 25.0 Å². The van der Waals surface area contributed by atoms with E-state index in [2.05, 4.69) is 65.9 Å². The molecule has 2 fully saturated rings. The van der Waals surface area contributed by atoms with Crippen molar-refractivity contribution in [3.05, 3.63) is 66.2 Å². The summed E-state index contributed by atoms with van der Waals surface area (Å²) in [6.45, 7) is 6.19. The molecule has 3 heterocycles. The lowest BCUT2D eigenvalue weighted by Crippen LogP contribution is -2.55. The molecule has 5 heteroatoms. The molecule has 0 radical (unpaired) electrons. The van der Waals surface area contributed by atoms with Crippen molar-refractivity contribution in [2.75, 3.05) is 13.2 Å². The summed E-state index contributed by atoms with van der Waals surface area (Å²) in [4.78, 5) is 9.58. The molecule has 1 spiro atoms. The molecule has 1 aromatic carbocycles. The number of pyridine rings is 1. The Morgan fingerprint density at radius 3 is 2.48 bits per heavy atom. The van der Waals surface area contributed by atoms with Crippen molar-refractivity contribution in [3.63, 3.8) is 0 Å². The zero-order valence-electron chi connectivity index (χ0n) is 18.3. The van der Waals surface area contributed by atoms with Crippen LogP contribution < -0.4 is 0 Å². The summed E-state index contributed by atoms with van der Waals surface area (Å²) in [7, 11) is 0.